The van der Waals surface area contributed by atoms with E-state index in [0.29, 0.717) is 0 Å². The second kappa shape index (κ2) is 15.0. The highest BCUT2D eigenvalue weighted by atomic mass is 16.5. The van der Waals surface area contributed by atoms with Crippen molar-refractivity contribution in [1.29, 1.82) is 0 Å². The van der Waals surface area contributed by atoms with Gasteiger partial charge in [0.15, 0.2) is 0 Å². The first-order valence-electron chi connectivity index (χ1n) is 14.5. The number of rotatable bonds is 14. The molecule has 0 N–H and O–H groups in total. The van der Waals surface area contributed by atoms with Gasteiger partial charge >= 0.3 is 0 Å². The minimum Gasteiger partial charge on any atom is -0.377 e. The summed E-state index contributed by atoms with van der Waals surface area (Å²) < 4.78 is 5.55. The van der Waals surface area contributed by atoms with Gasteiger partial charge in [0.05, 0.1) is 6.10 Å². The van der Waals surface area contributed by atoms with Crippen molar-refractivity contribution in [3.05, 3.63) is 48.0 Å². The summed E-state index contributed by atoms with van der Waals surface area (Å²) in [6.07, 6.45) is 26.6. The van der Waals surface area contributed by atoms with Crippen LogP contribution in [0.4, 0.5) is 0 Å². The number of methoxy groups -OCH3 is 1. The SMILES string of the molecule is C=CC1CCC(CCCCC2CCC(CCCCc3ccc(C(CC)OC)cc3)CC2)CC1. The molecule has 33 heavy (non-hydrogen) atoms. The van der Waals surface area contributed by atoms with Crippen molar-refractivity contribution in [2.75, 3.05) is 7.11 Å². The maximum absolute atomic E-state index is 5.55. The van der Waals surface area contributed by atoms with Crippen molar-refractivity contribution in [3.8, 4) is 0 Å². The molecule has 1 heteroatoms. The summed E-state index contributed by atoms with van der Waals surface area (Å²) in [5.41, 5.74) is 2.80. The van der Waals surface area contributed by atoms with Gasteiger partial charge < -0.3 is 4.74 Å². The van der Waals surface area contributed by atoms with E-state index < -0.39 is 0 Å². The Hall–Kier alpha value is -1.08. The monoisotopic (exact) mass is 452 g/mol. The van der Waals surface area contributed by atoms with Crippen molar-refractivity contribution in [2.24, 2.45) is 23.7 Å². The fraction of sp³-hybridized carbons (Fsp3) is 0.750. The van der Waals surface area contributed by atoms with Gasteiger partial charge in [-0.2, -0.15) is 0 Å². The summed E-state index contributed by atoms with van der Waals surface area (Å²) in [5, 5.41) is 0. The van der Waals surface area contributed by atoms with Crippen LogP contribution in [-0.4, -0.2) is 7.11 Å². The van der Waals surface area contributed by atoms with Crippen LogP contribution in [0.5, 0.6) is 0 Å². The summed E-state index contributed by atoms with van der Waals surface area (Å²) in [4.78, 5) is 0. The van der Waals surface area contributed by atoms with Crippen molar-refractivity contribution in [3.63, 3.8) is 0 Å². The predicted octanol–water partition coefficient (Wildman–Crippen LogP) is 9.86. The zero-order chi connectivity index (χ0) is 23.3. The number of hydrogen-bond donors (Lipinski definition) is 0. The van der Waals surface area contributed by atoms with Gasteiger partial charge in [0.1, 0.15) is 0 Å². The number of benzene rings is 1. The molecule has 0 spiro atoms. The molecule has 0 aromatic heterocycles. The Morgan fingerprint density at radius 1 is 0.788 bits per heavy atom. The third-order valence-electron chi connectivity index (χ3n) is 9.00. The minimum absolute atomic E-state index is 0.247. The standard InChI is InChI=1S/C32H52O/c1-4-26-14-16-27(17-15-26)10-6-7-11-28-18-20-29(21-19-28)12-8-9-13-30-22-24-31(25-23-30)32(5-2)33-3/h4,22-29,32H,1,5-21H2,2-3H3. The second-order valence-corrected chi connectivity index (χ2v) is 11.3. The zero-order valence-electron chi connectivity index (χ0n) is 21.9. The first-order valence-corrected chi connectivity index (χ1v) is 14.5. The van der Waals surface area contributed by atoms with Crippen LogP contribution in [0, 0.1) is 23.7 Å². The fourth-order valence-corrected chi connectivity index (χ4v) is 6.59. The molecule has 1 aromatic carbocycles. The van der Waals surface area contributed by atoms with E-state index in [1.54, 1.807) is 0 Å². The molecular weight excluding hydrogens is 400 g/mol. The first kappa shape index (κ1) is 26.5. The molecule has 1 atom stereocenters. The molecule has 2 fully saturated rings. The normalized spacial score (nSPS) is 26.7. The van der Waals surface area contributed by atoms with E-state index in [9.17, 15) is 0 Å². The second-order valence-electron chi connectivity index (χ2n) is 11.3. The molecule has 0 heterocycles. The van der Waals surface area contributed by atoms with Gasteiger partial charge in [0.2, 0.25) is 0 Å². The lowest BCUT2D eigenvalue weighted by Gasteiger charge is -2.29. The quantitative estimate of drug-likeness (QED) is 0.201. The van der Waals surface area contributed by atoms with Crippen LogP contribution < -0.4 is 0 Å². The minimum atomic E-state index is 0.247. The largest absolute Gasteiger partial charge is 0.377 e. The van der Waals surface area contributed by atoms with Gasteiger partial charge in [-0.05, 0) is 79.7 Å². The van der Waals surface area contributed by atoms with E-state index >= 15 is 0 Å². The molecule has 0 radical (unpaired) electrons. The van der Waals surface area contributed by atoms with E-state index in [-0.39, 0.29) is 6.10 Å². The average Bonchev–Trinajstić information content (AvgIpc) is 2.87. The van der Waals surface area contributed by atoms with Crippen molar-refractivity contribution in [2.45, 2.75) is 122 Å². The molecule has 1 nitrogen and oxygen atoms in total. The fourth-order valence-electron chi connectivity index (χ4n) is 6.59. The summed E-state index contributed by atoms with van der Waals surface area (Å²) in [6, 6.07) is 9.16. The number of allylic oxidation sites excluding steroid dienone is 1. The van der Waals surface area contributed by atoms with E-state index in [1.165, 1.54) is 114 Å². The molecule has 1 unspecified atom stereocenters. The third-order valence-corrected chi connectivity index (χ3v) is 9.00. The van der Waals surface area contributed by atoms with Crippen molar-refractivity contribution in [1.82, 2.24) is 0 Å². The molecule has 2 aliphatic carbocycles. The van der Waals surface area contributed by atoms with E-state index in [0.717, 1.165) is 30.1 Å². The summed E-state index contributed by atoms with van der Waals surface area (Å²) >= 11 is 0. The van der Waals surface area contributed by atoms with E-state index in [2.05, 4.69) is 43.8 Å². The van der Waals surface area contributed by atoms with Gasteiger partial charge in [0.25, 0.3) is 0 Å². The molecule has 0 saturated heterocycles. The summed E-state index contributed by atoms with van der Waals surface area (Å²) in [6.45, 7) is 6.17. The van der Waals surface area contributed by atoms with Crippen LogP contribution in [0.25, 0.3) is 0 Å². The third kappa shape index (κ3) is 9.23. The Balaban J connectivity index is 1.19. The van der Waals surface area contributed by atoms with Crippen LogP contribution in [0.3, 0.4) is 0 Å². The highest BCUT2D eigenvalue weighted by Crippen LogP contribution is 2.36. The molecule has 3 rings (SSSR count). The highest BCUT2D eigenvalue weighted by Gasteiger charge is 2.22. The van der Waals surface area contributed by atoms with Crippen LogP contribution in [-0.2, 0) is 11.2 Å². The van der Waals surface area contributed by atoms with Gasteiger partial charge in [0, 0.05) is 7.11 Å². The Morgan fingerprint density at radius 3 is 1.73 bits per heavy atom. The van der Waals surface area contributed by atoms with Crippen molar-refractivity contribution < 1.29 is 4.74 Å². The Labute approximate surface area is 205 Å². The molecule has 2 saturated carbocycles. The topological polar surface area (TPSA) is 9.23 Å². The van der Waals surface area contributed by atoms with Crippen LogP contribution in [0.2, 0.25) is 0 Å². The molecular formula is C32H52O. The molecule has 0 amide bonds. The van der Waals surface area contributed by atoms with Gasteiger partial charge in [-0.3, -0.25) is 0 Å². The molecule has 0 aliphatic heterocycles. The Morgan fingerprint density at radius 2 is 1.27 bits per heavy atom. The molecule has 2 aliphatic rings. The van der Waals surface area contributed by atoms with Crippen LogP contribution in [0.15, 0.2) is 36.9 Å². The summed E-state index contributed by atoms with van der Waals surface area (Å²) in [5.74, 6) is 3.89. The molecule has 0 bridgehead atoms. The lowest BCUT2D eigenvalue weighted by molar-refractivity contribution is 0.100. The Bertz CT molecular complexity index is 627. The molecule has 1 aromatic rings. The average molecular weight is 453 g/mol. The summed E-state index contributed by atoms with van der Waals surface area (Å²) in [7, 11) is 1.81. The maximum Gasteiger partial charge on any atom is 0.0818 e. The Kier molecular flexibility index (Phi) is 12.1. The van der Waals surface area contributed by atoms with Crippen LogP contribution in [0.1, 0.15) is 127 Å². The lowest BCUT2D eigenvalue weighted by Crippen LogP contribution is -2.15. The van der Waals surface area contributed by atoms with E-state index in [4.69, 9.17) is 4.74 Å². The van der Waals surface area contributed by atoms with Crippen molar-refractivity contribution >= 4 is 0 Å². The van der Waals surface area contributed by atoms with Gasteiger partial charge in [-0.1, -0.05) is 101 Å². The maximum atomic E-state index is 5.55. The number of aryl methyl sites for hydroxylation is 1. The van der Waals surface area contributed by atoms with Gasteiger partial charge in [-0.25, -0.2) is 0 Å². The zero-order valence-corrected chi connectivity index (χ0v) is 21.9. The smallest absolute Gasteiger partial charge is 0.0818 e. The number of unbranched alkanes of at least 4 members (excludes halogenated alkanes) is 2. The number of ether oxygens (including phenoxy) is 1. The lowest BCUT2D eigenvalue weighted by atomic mass is 9.77. The molecule has 186 valence electrons. The highest BCUT2D eigenvalue weighted by molar-refractivity contribution is 5.24. The van der Waals surface area contributed by atoms with Gasteiger partial charge in [-0.15, -0.1) is 6.58 Å². The van der Waals surface area contributed by atoms with Crippen LogP contribution >= 0.6 is 0 Å². The van der Waals surface area contributed by atoms with E-state index in [1.807, 2.05) is 7.11 Å². The number of hydrogen-bond acceptors (Lipinski definition) is 1. The first-order chi connectivity index (χ1) is 16.2. The predicted molar refractivity (Wildman–Crippen MR) is 144 cm³/mol.